The van der Waals surface area contributed by atoms with Crippen molar-refractivity contribution in [3.8, 4) is 0 Å². The normalized spacial score (nSPS) is 8.11. The summed E-state index contributed by atoms with van der Waals surface area (Å²) in [5.41, 5.74) is 1.10. The summed E-state index contributed by atoms with van der Waals surface area (Å²) in [5, 5.41) is 0. The molecular formula is C6H11N3. The number of nitrogens with zero attached hydrogens (tertiary/aromatic N) is 2. The Morgan fingerprint density at radius 2 is 2.33 bits per heavy atom. The van der Waals surface area contributed by atoms with E-state index in [0.717, 1.165) is 12.1 Å². The second-order valence-corrected chi connectivity index (χ2v) is 1.55. The first-order valence-corrected chi connectivity index (χ1v) is 2.68. The molecule has 1 aromatic heterocycles. The van der Waals surface area contributed by atoms with Crippen LogP contribution in [-0.4, -0.2) is 9.97 Å². The zero-order chi connectivity index (χ0) is 5.82. The van der Waals surface area contributed by atoms with Crippen LogP contribution in [0.1, 0.15) is 12.6 Å². The number of rotatable bonds is 1. The standard InChI is InChI=1S/C6H8N2.H3N/c1-2-6-3-4-7-5-8-6;/h3-5H,2H2,1H3;1H3. The van der Waals surface area contributed by atoms with E-state index in [0.29, 0.717) is 0 Å². The molecule has 1 heterocycles. The van der Waals surface area contributed by atoms with Crippen molar-refractivity contribution in [1.82, 2.24) is 16.1 Å². The van der Waals surface area contributed by atoms with Crippen LogP contribution in [0.25, 0.3) is 0 Å². The Hall–Kier alpha value is -0.960. The molecule has 0 radical (unpaired) electrons. The third-order valence-electron chi connectivity index (χ3n) is 1.01. The topological polar surface area (TPSA) is 60.8 Å². The van der Waals surface area contributed by atoms with Crippen LogP contribution in [0, 0.1) is 0 Å². The van der Waals surface area contributed by atoms with Gasteiger partial charge in [0.25, 0.3) is 0 Å². The summed E-state index contributed by atoms with van der Waals surface area (Å²) >= 11 is 0. The third kappa shape index (κ3) is 2.19. The van der Waals surface area contributed by atoms with E-state index >= 15 is 0 Å². The summed E-state index contributed by atoms with van der Waals surface area (Å²) in [5.74, 6) is 0. The first-order chi connectivity index (χ1) is 3.93. The van der Waals surface area contributed by atoms with Gasteiger partial charge in [-0.2, -0.15) is 0 Å². The second kappa shape index (κ2) is 3.97. The summed E-state index contributed by atoms with van der Waals surface area (Å²) in [6.45, 7) is 2.07. The summed E-state index contributed by atoms with van der Waals surface area (Å²) in [6.07, 6.45) is 4.31. The zero-order valence-electron chi connectivity index (χ0n) is 5.54. The highest BCUT2D eigenvalue weighted by atomic mass is 14.8. The molecular weight excluding hydrogens is 114 g/mol. The van der Waals surface area contributed by atoms with Crippen LogP contribution in [-0.2, 0) is 6.42 Å². The van der Waals surface area contributed by atoms with Crippen molar-refractivity contribution in [3.05, 3.63) is 24.3 Å². The molecule has 0 unspecified atom stereocenters. The number of hydrogen-bond acceptors (Lipinski definition) is 3. The highest BCUT2D eigenvalue weighted by Gasteiger charge is 1.82. The molecule has 0 aliphatic heterocycles. The first-order valence-electron chi connectivity index (χ1n) is 2.68. The average molecular weight is 125 g/mol. The smallest absolute Gasteiger partial charge is 0.115 e. The fourth-order valence-corrected chi connectivity index (χ4v) is 0.527. The van der Waals surface area contributed by atoms with Crippen molar-refractivity contribution >= 4 is 0 Å². The summed E-state index contributed by atoms with van der Waals surface area (Å²) in [7, 11) is 0. The third-order valence-corrected chi connectivity index (χ3v) is 1.01. The molecule has 0 amide bonds. The van der Waals surface area contributed by atoms with Gasteiger partial charge in [0.2, 0.25) is 0 Å². The molecule has 3 N–H and O–H groups in total. The number of hydrogen-bond donors (Lipinski definition) is 1. The van der Waals surface area contributed by atoms with Crippen LogP contribution >= 0.6 is 0 Å². The van der Waals surface area contributed by atoms with E-state index in [1.54, 1.807) is 12.5 Å². The van der Waals surface area contributed by atoms with Crippen LogP contribution in [0.5, 0.6) is 0 Å². The lowest BCUT2D eigenvalue weighted by Gasteiger charge is -1.88. The lowest BCUT2D eigenvalue weighted by Crippen LogP contribution is -1.84. The van der Waals surface area contributed by atoms with E-state index in [9.17, 15) is 0 Å². The minimum absolute atomic E-state index is 0. The van der Waals surface area contributed by atoms with E-state index in [1.807, 2.05) is 6.07 Å². The van der Waals surface area contributed by atoms with Crippen molar-refractivity contribution in [3.63, 3.8) is 0 Å². The largest absolute Gasteiger partial charge is 0.344 e. The van der Waals surface area contributed by atoms with E-state index in [2.05, 4.69) is 16.9 Å². The van der Waals surface area contributed by atoms with Crippen molar-refractivity contribution in [2.45, 2.75) is 13.3 Å². The predicted molar refractivity (Wildman–Crippen MR) is 36.4 cm³/mol. The van der Waals surface area contributed by atoms with Crippen LogP contribution < -0.4 is 6.15 Å². The van der Waals surface area contributed by atoms with Crippen molar-refractivity contribution in [2.24, 2.45) is 0 Å². The van der Waals surface area contributed by atoms with Crippen LogP contribution in [0.15, 0.2) is 18.6 Å². The summed E-state index contributed by atoms with van der Waals surface area (Å²) in [6, 6.07) is 1.92. The first kappa shape index (κ1) is 8.04. The maximum atomic E-state index is 3.99. The lowest BCUT2D eigenvalue weighted by atomic mass is 10.3. The molecule has 1 rings (SSSR count). The van der Waals surface area contributed by atoms with E-state index in [4.69, 9.17) is 0 Å². The van der Waals surface area contributed by atoms with Gasteiger partial charge in [-0.15, -0.1) is 0 Å². The Kier molecular flexibility index (Phi) is 3.55. The molecule has 0 spiro atoms. The lowest BCUT2D eigenvalue weighted by molar-refractivity contribution is 0.998. The molecule has 0 aromatic carbocycles. The molecule has 50 valence electrons. The van der Waals surface area contributed by atoms with Gasteiger partial charge in [0.15, 0.2) is 0 Å². The van der Waals surface area contributed by atoms with Gasteiger partial charge in [0, 0.05) is 11.9 Å². The second-order valence-electron chi connectivity index (χ2n) is 1.55. The van der Waals surface area contributed by atoms with Crippen molar-refractivity contribution < 1.29 is 0 Å². The fraction of sp³-hybridized carbons (Fsp3) is 0.333. The van der Waals surface area contributed by atoms with Gasteiger partial charge in [-0.1, -0.05) is 6.92 Å². The number of aromatic nitrogens is 2. The quantitative estimate of drug-likeness (QED) is 0.613. The summed E-state index contributed by atoms with van der Waals surface area (Å²) in [4.78, 5) is 7.77. The van der Waals surface area contributed by atoms with Gasteiger partial charge in [-0.3, -0.25) is 0 Å². The van der Waals surface area contributed by atoms with Crippen molar-refractivity contribution in [1.29, 1.82) is 0 Å². The van der Waals surface area contributed by atoms with Gasteiger partial charge in [-0.05, 0) is 12.5 Å². The predicted octanol–water partition coefficient (Wildman–Crippen LogP) is 1.20. The monoisotopic (exact) mass is 125 g/mol. The minimum atomic E-state index is 0. The molecule has 0 atom stereocenters. The Bertz CT molecular complexity index is 150. The highest BCUT2D eigenvalue weighted by Crippen LogP contribution is 1.88. The van der Waals surface area contributed by atoms with E-state index in [1.165, 1.54) is 0 Å². The Morgan fingerprint density at radius 3 is 2.67 bits per heavy atom. The Morgan fingerprint density at radius 1 is 1.56 bits per heavy atom. The SMILES string of the molecule is CCc1ccncn1.N. The van der Waals surface area contributed by atoms with Crippen LogP contribution in [0.4, 0.5) is 0 Å². The van der Waals surface area contributed by atoms with Gasteiger partial charge in [0.05, 0.1) is 0 Å². The molecule has 0 aliphatic rings. The number of aryl methyl sites for hydroxylation is 1. The molecule has 0 saturated heterocycles. The zero-order valence-corrected chi connectivity index (χ0v) is 5.54. The maximum absolute atomic E-state index is 3.99. The van der Waals surface area contributed by atoms with E-state index < -0.39 is 0 Å². The van der Waals surface area contributed by atoms with Gasteiger partial charge in [0.1, 0.15) is 6.33 Å². The van der Waals surface area contributed by atoms with Gasteiger partial charge >= 0.3 is 0 Å². The Labute approximate surface area is 54.7 Å². The molecule has 3 nitrogen and oxygen atoms in total. The highest BCUT2D eigenvalue weighted by molar-refractivity contribution is 4.96. The summed E-state index contributed by atoms with van der Waals surface area (Å²) < 4.78 is 0. The Balaban J connectivity index is 0.000000640. The van der Waals surface area contributed by atoms with Gasteiger partial charge < -0.3 is 6.15 Å². The average Bonchev–Trinajstić information content (AvgIpc) is 1.90. The van der Waals surface area contributed by atoms with E-state index in [-0.39, 0.29) is 6.15 Å². The van der Waals surface area contributed by atoms with Gasteiger partial charge in [-0.25, -0.2) is 9.97 Å². The molecule has 0 saturated carbocycles. The van der Waals surface area contributed by atoms with Crippen LogP contribution in [0.3, 0.4) is 0 Å². The minimum Gasteiger partial charge on any atom is -0.344 e. The molecule has 9 heavy (non-hydrogen) atoms. The van der Waals surface area contributed by atoms with Crippen molar-refractivity contribution in [2.75, 3.05) is 0 Å². The molecule has 1 aromatic rings. The van der Waals surface area contributed by atoms with Crippen LogP contribution in [0.2, 0.25) is 0 Å². The molecule has 0 bridgehead atoms. The maximum Gasteiger partial charge on any atom is 0.115 e. The molecule has 3 heteroatoms. The molecule has 0 aliphatic carbocycles. The fourth-order valence-electron chi connectivity index (χ4n) is 0.527. The molecule has 0 fully saturated rings.